The molecular formula is C26H17NO11. The summed E-state index contributed by atoms with van der Waals surface area (Å²) in [5, 5.41) is 42.2. The Morgan fingerprint density at radius 3 is 2.18 bits per heavy atom. The fraction of sp³-hybridized carbons (Fsp3) is 0.231. The summed E-state index contributed by atoms with van der Waals surface area (Å²) in [6, 6.07) is 2.53. The minimum atomic E-state index is -2.15. The molecule has 0 saturated carbocycles. The van der Waals surface area contributed by atoms with Crippen LogP contribution in [0.5, 0.6) is 17.2 Å². The van der Waals surface area contributed by atoms with Crippen LogP contribution < -0.4 is 5.56 Å². The quantitative estimate of drug-likeness (QED) is 0.241. The van der Waals surface area contributed by atoms with Crippen LogP contribution in [-0.2, 0) is 16.6 Å². The highest BCUT2D eigenvalue weighted by Crippen LogP contribution is 2.57. The molecule has 12 heteroatoms. The van der Waals surface area contributed by atoms with Crippen molar-refractivity contribution in [2.75, 3.05) is 7.11 Å². The van der Waals surface area contributed by atoms with Gasteiger partial charge in [0, 0.05) is 19.1 Å². The summed E-state index contributed by atoms with van der Waals surface area (Å²) < 4.78 is 5.01. The Bertz CT molecular complexity index is 1800. The minimum absolute atomic E-state index is 0.0460. The SMILES string of the molecule is COC1CC(=O)c2c(O)c3c(c(O)c2C1=O)C(=O)[C@]1(CCc2cc4cc(C(=O)O)[nH]c(=O)c4c(O)c21)C3=O. The van der Waals surface area contributed by atoms with Crippen molar-refractivity contribution in [2.24, 2.45) is 0 Å². The number of hydrogen-bond donors (Lipinski definition) is 5. The molecule has 0 radical (unpaired) electrons. The van der Waals surface area contributed by atoms with Crippen LogP contribution >= 0.6 is 0 Å². The number of phenols is 3. The highest BCUT2D eigenvalue weighted by Gasteiger charge is 2.61. The summed E-state index contributed by atoms with van der Waals surface area (Å²) in [7, 11) is 1.18. The molecule has 3 aliphatic carbocycles. The third-order valence-corrected chi connectivity index (χ3v) is 7.76. The molecule has 1 aromatic heterocycles. The third kappa shape index (κ3) is 2.56. The van der Waals surface area contributed by atoms with Crippen LogP contribution in [-0.4, -0.2) is 67.7 Å². The fourth-order valence-corrected chi connectivity index (χ4v) is 6.09. The fourth-order valence-electron chi connectivity index (χ4n) is 6.09. The van der Waals surface area contributed by atoms with E-state index in [0.717, 1.165) is 6.07 Å². The number of aromatic nitrogens is 1. The smallest absolute Gasteiger partial charge is 0.352 e. The van der Waals surface area contributed by atoms with Gasteiger partial charge in [-0.25, -0.2) is 4.79 Å². The molecule has 0 fully saturated rings. The maximum atomic E-state index is 13.9. The number of hydrogen-bond acceptors (Lipinski definition) is 10. The number of fused-ring (bicyclic) bond motifs is 5. The minimum Gasteiger partial charge on any atom is -0.507 e. The van der Waals surface area contributed by atoms with Crippen LogP contribution in [0.2, 0.25) is 0 Å². The second-order valence-corrected chi connectivity index (χ2v) is 9.52. The Morgan fingerprint density at radius 1 is 0.947 bits per heavy atom. The van der Waals surface area contributed by atoms with Gasteiger partial charge in [0.15, 0.2) is 23.1 Å². The predicted molar refractivity (Wildman–Crippen MR) is 126 cm³/mol. The number of carbonyl (C=O) groups excluding carboxylic acids is 4. The number of aromatic carboxylic acids is 1. The van der Waals surface area contributed by atoms with Crippen molar-refractivity contribution in [1.82, 2.24) is 4.98 Å². The summed E-state index contributed by atoms with van der Waals surface area (Å²) in [4.78, 5) is 79.7. The topological polar surface area (TPSA) is 208 Å². The van der Waals surface area contributed by atoms with E-state index in [0.29, 0.717) is 0 Å². The average molecular weight is 519 g/mol. The molecule has 0 bridgehead atoms. The van der Waals surface area contributed by atoms with Gasteiger partial charge in [0.2, 0.25) is 0 Å². The standard InChI is InChI=1S/C26H17NO11/c1-38-11-6-10(28)13-14(18(11)29)20(31)16-15(19(13)30)22(33)26(23(16)34)3-2-7-4-8-5-9(25(36)37)27-24(35)12(8)21(32)17(7)26/h4-5,11,30-32H,2-3,6H2,1H3,(H,27,35)(H,36,37)/t11?,26-/m0/s1. The van der Waals surface area contributed by atoms with E-state index in [4.69, 9.17) is 4.74 Å². The van der Waals surface area contributed by atoms with Crippen molar-refractivity contribution in [3.05, 3.63) is 61.6 Å². The van der Waals surface area contributed by atoms with Gasteiger partial charge in [-0.05, 0) is 29.9 Å². The first-order valence-corrected chi connectivity index (χ1v) is 11.4. The number of nitrogens with one attached hydrogen (secondary N) is 1. The zero-order valence-corrected chi connectivity index (χ0v) is 19.5. The van der Waals surface area contributed by atoms with Crippen molar-refractivity contribution >= 4 is 39.9 Å². The molecular weight excluding hydrogens is 502 g/mol. The van der Waals surface area contributed by atoms with Gasteiger partial charge in [-0.15, -0.1) is 0 Å². The van der Waals surface area contributed by atoms with Gasteiger partial charge in [-0.3, -0.25) is 24.0 Å². The molecule has 2 aromatic carbocycles. The molecule has 5 N–H and O–H groups in total. The number of carboxylic acid groups (broad SMARTS) is 1. The molecule has 12 nitrogen and oxygen atoms in total. The van der Waals surface area contributed by atoms with Crippen molar-refractivity contribution in [3.63, 3.8) is 0 Å². The largest absolute Gasteiger partial charge is 0.507 e. The average Bonchev–Trinajstić information content (AvgIpc) is 3.36. The van der Waals surface area contributed by atoms with Crippen LogP contribution in [0.15, 0.2) is 16.9 Å². The van der Waals surface area contributed by atoms with E-state index in [1.54, 1.807) is 0 Å². The molecule has 1 spiro atoms. The van der Waals surface area contributed by atoms with Crippen LogP contribution in [0, 0.1) is 0 Å². The number of carboxylic acids is 1. The summed E-state index contributed by atoms with van der Waals surface area (Å²) in [6.07, 6.45) is -1.87. The van der Waals surface area contributed by atoms with Gasteiger partial charge in [-0.1, -0.05) is 6.07 Å². The normalized spacial score (nSPS) is 21.8. The van der Waals surface area contributed by atoms with Crippen LogP contribution in [0.25, 0.3) is 10.8 Å². The zero-order chi connectivity index (χ0) is 27.4. The first kappa shape index (κ1) is 23.6. The summed E-state index contributed by atoms with van der Waals surface area (Å²) >= 11 is 0. The number of ketones is 4. The number of benzene rings is 2. The van der Waals surface area contributed by atoms with E-state index in [-0.39, 0.29) is 34.7 Å². The third-order valence-electron chi connectivity index (χ3n) is 7.76. The maximum Gasteiger partial charge on any atom is 0.352 e. The van der Waals surface area contributed by atoms with E-state index in [2.05, 4.69) is 4.98 Å². The van der Waals surface area contributed by atoms with Crippen molar-refractivity contribution in [2.45, 2.75) is 30.8 Å². The van der Waals surface area contributed by atoms with Crippen molar-refractivity contribution in [1.29, 1.82) is 0 Å². The van der Waals surface area contributed by atoms with E-state index in [9.17, 15) is 49.2 Å². The monoisotopic (exact) mass is 519 g/mol. The van der Waals surface area contributed by atoms with Crippen molar-refractivity contribution in [3.8, 4) is 17.2 Å². The Balaban J connectivity index is 1.64. The molecule has 0 saturated heterocycles. The summed E-state index contributed by atoms with van der Waals surface area (Å²) in [5.41, 5.74) is -6.01. The number of H-pyrrole nitrogens is 1. The lowest BCUT2D eigenvalue weighted by atomic mass is 9.76. The molecule has 38 heavy (non-hydrogen) atoms. The number of phenolic OH excluding ortho intramolecular Hbond substituents is 3. The summed E-state index contributed by atoms with van der Waals surface area (Å²) in [6.45, 7) is 0. The van der Waals surface area contributed by atoms with Crippen molar-refractivity contribution < 1.29 is 49.1 Å². The summed E-state index contributed by atoms with van der Waals surface area (Å²) in [5.74, 6) is -7.64. The number of methoxy groups -OCH3 is 1. The van der Waals surface area contributed by atoms with E-state index >= 15 is 0 Å². The molecule has 3 aliphatic rings. The van der Waals surface area contributed by atoms with Crippen LogP contribution in [0.3, 0.4) is 0 Å². The highest BCUT2D eigenvalue weighted by molar-refractivity contribution is 6.38. The first-order chi connectivity index (χ1) is 17.9. The van der Waals surface area contributed by atoms with Gasteiger partial charge >= 0.3 is 5.97 Å². The molecule has 192 valence electrons. The van der Waals surface area contributed by atoms with Gasteiger partial charge in [0.25, 0.3) is 5.56 Å². The van der Waals surface area contributed by atoms with Crippen LogP contribution in [0.1, 0.15) is 75.9 Å². The number of rotatable bonds is 2. The van der Waals surface area contributed by atoms with Gasteiger partial charge in [0.1, 0.15) is 34.5 Å². The Labute approximate surface area is 211 Å². The van der Waals surface area contributed by atoms with E-state index < -0.39 is 97.8 Å². The molecule has 0 aliphatic heterocycles. The van der Waals surface area contributed by atoms with Gasteiger partial charge < -0.3 is 30.1 Å². The van der Waals surface area contributed by atoms with E-state index in [1.165, 1.54) is 13.2 Å². The molecule has 1 heterocycles. The van der Waals surface area contributed by atoms with Gasteiger partial charge in [-0.2, -0.15) is 0 Å². The Kier molecular flexibility index (Phi) is 4.56. The number of aromatic amines is 1. The molecule has 1 unspecified atom stereocenters. The lowest BCUT2D eigenvalue weighted by Crippen LogP contribution is -2.36. The molecule has 2 atom stereocenters. The molecule has 3 aromatic rings. The number of aromatic hydroxyl groups is 3. The number of Topliss-reactive ketones (excluding diaryl/α,β-unsaturated/α-hetero) is 4. The predicted octanol–water partition coefficient (Wildman–Crippen LogP) is 1.39. The second-order valence-electron chi connectivity index (χ2n) is 9.52. The number of pyridine rings is 1. The van der Waals surface area contributed by atoms with E-state index in [1.807, 2.05) is 0 Å². The lowest BCUT2D eigenvalue weighted by molar-refractivity contribution is 0.0513. The zero-order valence-electron chi connectivity index (χ0n) is 19.5. The second kappa shape index (κ2) is 7.35. The highest BCUT2D eigenvalue weighted by atomic mass is 16.5. The lowest BCUT2D eigenvalue weighted by Gasteiger charge is -2.23. The number of ether oxygens (including phenoxy) is 1. The van der Waals surface area contributed by atoms with Crippen LogP contribution in [0.4, 0.5) is 0 Å². The Morgan fingerprint density at radius 2 is 1.58 bits per heavy atom. The molecule has 0 amide bonds. The number of carbonyl (C=O) groups is 5. The molecule has 6 rings (SSSR count). The Hall–Kier alpha value is -4.84. The first-order valence-electron chi connectivity index (χ1n) is 11.4. The maximum absolute atomic E-state index is 13.9. The number of aryl methyl sites for hydroxylation is 1. The van der Waals surface area contributed by atoms with Gasteiger partial charge in [0.05, 0.1) is 27.6 Å².